The Morgan fingerprint density at radius 2 is 2.10 bits per heavy atom. The third-order valence-electron chi connectivity index (χ3n) is 2.82. The smallest absolute Gasteiger partial charge is 0.352 e. The van der Waals surface area contributed by atoms with E-state index in [9.17, 15) is 9.59 Å². The Balaban J connectivity index is 2.36. The lowest BCUT2D eigenvalue weighted by atomic mass is 10.1. The molecule has 0 aliphatic heterocycles. The maximum absolute atomic E-state index is 11.8. The Labute approximate surface area is 116 Å². The second-order valence-corrected chi connectivity index (χ2v) is 4.90. The van der Waals surface area contributed by atoms with Crippen molar-refractivity contribution in [3.63, 3.8) is 0 Å². The molecule has 0 radical (unpaired) electrons. The summed E-state index contributed by atoms with van der Waals surface area (Å²) in [7, 11) is 0. The summed E-state index contributed by atoms with van der Waals surface area (Å²) in [5.74, 6) is -0.519. The molecule has 1 aromatic heterocycles. The summed E-state index contributed by atoms with van der Waals surface area (Å²) in [4.78, 5) is 23.5. The summed E-state index contributed by atoms with van der Waals surface area (Å²) in [5, 5.41) is 6.51. The first-order valence-corrected chi connectivity index (χ1v) is 6.41. The average molecular weight is 275 g/mol. The molecule has 2 aromatic rings. The van der Waals surface area contributed by atoms with Crippen molar-refractivity contribution in [2.45, 2.75) is 33.4 Å². The SMILES string of the molecule is Cc1ccccc1-c1noc(=O)n1CC(=O)NC(C)C. The first-order valence-electron chi connectivity index (χ1n) is 6.41. The van der Waals surface area contributed by atoms with Gasteiger partial charge in [0.05, 0.1) is 0 Å². The van der Waals surface area contributed by atoms with Gasteiger partial charge in [0.15, 0.2) is 5.82 Å². The number of carbonyl (C=O) groups excluding carboxylic acids is 1. The molecule has 1 aromatic carbocycles. The number of rotatable bonds is 4. The van der Waals surface area contributed by atoms with E-state index in [1.54, 1.807) is 0 Å². The highest BCUT2D eigenvalue weighted by Gasteiger charge is 2.17. The molecule has 20 heavy (non-hydrogen) atoms. The third-order valence-corrected chi connectivity index (χ3v) is 2.82. The van der Waals surface area contributed by atoms with Crippen molar-refractivity contribution in [3.05, 3.63) is 40.4 Å². The van der Waals surface area contributed by atoms with Crippen LogP contribution in [0.4, 0.5) is 0 Å². The molecule has 0 saturated carbocycles. The van der Waals surface area contributed by atoms with Crippen LogP contribution in [0.3, 0.4) is 0 Å². The molecular formula is C14H17N3O3. The van der Waals surface area contributed by atoms with Gasteiger partial charge in [0.1, 0.15) is 6.54 Å². The highest BCUT2D eigenvalue weighted by Crippen LogP contribution is 2.19. The number of hydrogen-bond donors (Lipinski definition) is 1. The van der Waals surface area contributed by atoms with Crippen LogP contribution in [0.2, 0.25) is 0 Å². The van der Waals surface area contributed by atoms with Crippen LogP contribution in [-0.2, 0) is 11.3 Å². The molecular weight excluding hydrogens is 258 g/mol. The minimum Gasteiger partial charge on any atom is -0.352 e. The zero-order valence-electron chi connectivity index (χ0n) is 11.7. The molecule has 0 aliphatic rings. The van der Waals surface area contributed by atoms with Gasteiger partial charge in [-0.05, 0) is 26.3 Å². The Hall–Kier alpha value is -2.37. The quantitative estimate of drug-likeness (QED) is 0.913. The van der Waals surface area contributed by atoms with Gasteiger partial charge in [0, 0.05) is 11.6 Å². The number of aromatic nitrogens is 2. The molecule has 0 saturated heterocycles. The summed E-state index contributed by atoms with van der Waals surface area (Å²) in [6.07, 6.45) is 0. The molecule has 106 valence electrons. The fourth-order valence-electron chi connectivity index (χ4n) is 1.94. The average Bonchev–Trinajstić information content (AvgIpc) is 2.71. The van der Waals surface area contributed by atoms with E-state index < -0.39 is 5.76 Å². The molecule has 2 rings (SSSR count). The van der Waals surface area contributed by atoms with Gasteiger partial charge in [0.25, 0.3) is 0 Å². The molecule has 0 fully saturated rings. The summed E-state index contributed by atoms with van der Waals surface area (Å²) in [6, 6.07) is 7.50. The summed E-state index contributed by atoms with van der Waals surface area (Å²) < 4.78 is 5.92. The van der Waals surface area contributed by atoms with Gasteiger partial charge in [-0.2, -0.15) is 0 Å². The topological polar surface area (TPSA) is 77.1 Å². The fourth-order valence-corrected chi connectivity index (χ4v) is 1.94. The van der Waals surface area contributed by atoms with Gasteiger partial charge in [-0.15, -0.1) is 0 Å². The van der Waals surface area contributed by atoms with Crippen molar-refractivity contribution in [3.8, 4) is 11.4 Å². The zero-order chi connectivity index (χ0) is 14.7. The van der Waals surface area contributed by atoms with Crippen LogP contribution >= 0.6 is 0 Å². The summed E-state index contributed by atoms with van der Waals surface area (Å²) >= 11 is 0. The van der Waals surface area contributed by atoms with Crippen LogP contribution in [0.15, 0.2) is 33.6 Å². The van der Waals surface area contributed by atoms with E-state index in [0.29, 0.717) is 5.82 Å². The minimum atomic E-state index is -0.637. The second kappa shape index (κ2) is 5.73. The fraction of sp³-hybridized carbons (Fsp3) is 0.357. The third kappa shape index (κ3) is 2.96. The van der Waals surface area contributed by atoms with Crippen LogP contribution in [0.5, 0.6) is 0 Å². The number of aryl methyl sites for hydroxylation is 1. The first kappa shape index (κ1) is 14.0. The second-order valence-electron chi connectivity index (χ2n) is 4.90. The van der Waals surface area contributed by atoms with Crippen LogP contribution < -0.4 is 11.1 Å². The number of nitrogens with one attached hydrogen (secondary N) is 1. The maximum atomic E-state index is 11.8. The molecule has 0 aliphatic carbocycles. The number of benzene rings is 1. The van der Waals surface area contributed by atoms with Crippen molar-refractivity contribution in [1.82, 2.24) is 15.0 Å². The zero-order valence-corrected chi connectivity index (χ0v) is 11.7. The summed E-state index contributed by atoms with van der Waals surface area (Å²) in [6.45, 7) is 5.52. The van der Waals surface area contributed by atoms with Gasteiger partial charge in [-0.25, -0.2) is 9.36 Å². The highest BCUT2D eigenvalue weighted by atomic mass is 16.5. The maximum Gasteiger partial charge on any atom is 0.442 e. The lowest BCUT2D eigenvalue weighted by Crippen LogP contribution is -2.35. The largest absolute Gasteiger partial charge is 0.442 e. The van der Waals surface area contributed by atoms with E-state index in [2.05, 4.69) is 15.0 Å². The molecule has 0 atom stereocenters. The van der Waals surface area contributed by atoms with Crippen molar-refractivity contribution < 1.29 is 9.32 Å². The van der Waals surface area contributed by atoms with Crippen molar-refractivity contribution in [1.29, 1.82) is 0 Å². The molecule has 1 heterocycles. The standard InChI is InChI=1S/C14H17N3O3/c1-9(2)15-12(18)8-17-13(16-20-14(17)19)11-7-5-4-6-10(11)3/h4-7,9H,8H2,1-3H3,(H,15,18). The highest BCUT2D eigenvalue weighted by molar-refractivity contribution is 5.76. The Morgan fingerprint density at radius 3 is 2.75 bits per heavy atom. The molecule has 0 unspecified atom stereocenters. The van der Waals surface area contributed by atoms with Gasteiger partial charge in [0.2, 0.25) is 5.91 Å². The van der Waals surface area contributed by atoms with E-state index in [1.807, 2.05) is 45.0 Å². The number of hydrogen-bond acceptors (Lipinski definition) is 4. The van der Waals surface area contributed by atoms with E-state index in [1.165, 1.54) is 4.57 Å². The Bertz CT molecular complexity index is 670. The molecule has 6 nitrogen and oxygen atoms in total. The van der Waals surface area contributed by atoms with Crippen LogP contribution in [0.1, 0.15) is 19.4 Å². The lowest BCUT2D eigenvalue weighted by molar-refractivity contribution is -0.122. The minimum absolute atomic E-state index is 0.0139. The van der Waals surface area contributed by atoms with E-state index in [0.717, 1.165) is 11.1 Å². The predicted molar refractivity (Wildman–Crippen MR) is 74.2 cm³/mol. The molecule has 6 heteroatoms. The van der Waals surface area contributed by atoms with Crippen LogP contribution in [0, 0.1) is 6.92 Å². The van der Waals surface area contributed by atoms with E-state index in [4.69, 9.17) is 0 Å². The first-order chi connectivity index (χ1) is 9.49. The number of carbonyl (C=O) groups is 1. The normalized spacial score (nSPS) is 10.8. The van der Waals surface area contributed by atoms with Crippen LogP contribution in [0.25, 0.3) is 11.4 Å². The van der Waals surface area contributed by atoms with Crippen molar-refractivity contribution in [2.75, 3.05) is 0 Å². The van der Waals surface area contributed by atoms with E-state index >= 15 is 0 Å². The van der Waals surface area contributed by atoms with Gasteiger partial charge in [-0.3, -0.25) is 9.32 Å². The van der Waals surface area contributed by atoms with Gasteiger partial charge < -0.3 is 5.32 Å². The van der Waals surface area contributed by atoms with Gasteiger partial charge >= 0.3 is 5.76 Å². The lowest BCUT2D eigenvalue weighted by Gasteiger charge is -2.09. The molecule has 0 spiro atoms. The molecule has 1 N–H and O–H groups in total. The molecule has 1 amide bonds. The van der Waals surface area contributed by atoms with Crippen molar-refractivity contribution in [2.24, 2.45) is 0 Å². The molecule has 0 bridgehead atoms. The van der Waals surface area contributed by atoms with Crippen LogP contribution in [-0.4, -0.2) is 21.7 Å². The Morgan fingerprint density at radius 1 is 1.40 bits per heavy atom. The summed E-state index contributed by atoms with van der Waals surface area (Å²) in [5.41, 5.74) is 1.73. The van der Waals surface area contributed by atoms with Gasteiger partial charge in [-0.1, -0.05) is 29.4 Å². The van der Waals surface area contributed by atoms with E-state index in [-0.39, 0.29) is 18.5 Å². The van der Waals surface area contributed by atoms with Crippen molar-refractivity contribution >= 4 is 5.91 Å². The number of nitrogens with zero attached hydrogens (tertiary/aromatic N) is 2. The predicted octanol–water partition coefficient (Wildman–Crippen LogP) is 1.34. The number of amides is 1. The Kier molecular flexibility index (Phi) is 4.02. The monoisotopic (exact) mass is 275 g/mol.